The number of hydrogen-bond donors (Lipinski definition) is 2. The van der Waals surface area contributed by atoms with Crippen LogP contribution in [-0.2, 0) is 4.79 Å². The largest absolute Gasteiger partial charge is 0.484 e. The van der Waals surface area contributed by atoms with Crippen LogP contribution in [-0.4, -0.2) is 50.3 Å². The summed E-state index contributed by atoms with van der Waals surface area (Å²) in [5.41, 5.74) is 0. The molecular formula is C13H19N3O2. The van der Waals surface area contributed by atoms with Crippen molar-refractivity contribution >= 4 is 5.91 Å². The Labute approximate surface area is 107 Å². The Hall–Kier alpha value is -1.59. The van der Waals surface area contributed by atoms with E-state index in [1.165, 1.54) is 0 Å². The quantitative estimate of drug-likeness (QED) is 0.774. The lowest BCUT2D eigenvalue weighted by atomic mass is 10.3. The fourth-order valence-corrected chi connectivity index (χ4v) is 1.79. The number of nitrogens with zero attached hydrogens (tertiary/aromatic N) is 1. The van der Waals surface area contributed by atoms with Crippen LogP contribution in [0.15, 0.2) is 30.3 Å². The van der Waals surface area contributed by atoms with Crippen LogP contribution in [0.4, 0.5) is 0 Å². The van der Waals surface area contributed by atoms with Crippen LogP contribution in [0, 0.1) is 0 Å². The third kappa shape index (κ3) is 4.35. The van der Waals surface area contributed by atoms with Crippen LogP contribution in [0.1, 0.15) is 0 Å². The van der Waals surface area contributed by atoms with E-state index >= 15 is 0 Å². The summed E-state index contributed by atoms with van der Waals surface area (Å²) in [6, 6.07) is 9.35. The highest BCUT2D eigenvalue weighted by Crippen LogP contribution is 2.07. The first-order chi connectivity index (χ1) is 8.84. The van der Waals surface area contributed by atoms with Gasteiger partial charge in [-0.3, -0.25) is 9.69 Å². The number of amides is 1. The van der Waals surface area contributed by atoms with E-state index in [2.05, 4.69) is 15.5 Å². The zero-order valence-corrected chi connectivity index (χ0v) is 10.4. The number of benzene rings is 1. The molecular weight excluding hydrogens is 230 g/mol. The second-order valence-corrected chi connectivity index (χ2v) is 4.23. The number of hydrogen-bond acceptors (Lipinski definition) is 4. The minimum atomic E-state index is -0.0858. The molecule has 2 N–H and O–H groups in total. The van der Waals surface area contributed by atoms with Gasteiger partial charge in [-0.2, -0.15) is 0 Å². The van der Waals surface area contributed by atoms with E-state index in [-0.39, 0.29) is 12.5 Å². The molecule has 1 aromatic carbocycles. The normalized spacial score (nSPS) is 16.2. The van der Waals surface area contributed by atoms with Crippen molar-refractivity contribution in [1.82, 2.24) is 15.5 Å². The first kappa shape index (κ1) is 12.9. The number of carbonyl (C=O) groups excluding carboxylic acids is 1. The molecule has 98 valence electrons. The van der Waals surface area contributed by atoms with Crippen LogP contribution >= 0.6 is 0 Å². The van der Waals surface area contributed by atoms with Gasteiger partial charge in [0.25, 0.3) is 5.91 Å². The fourth-order valence-electron chi connectivity index (χ4n) is 1.79. The molecule has 1 aromatic rings. The number of nitrogens with one attached hydrogen (secondary N) is 2. The van der Waals surface area contributed by atoms with E-state index in [9.17, 15) is 4.79 Å². The molecule has 0 saturated carbocycles. The van der Waals surface area contributed by atoms with Gasteiger partial charge in [-0.05, 0) is 12.1 Å². The van der Waals surface area contributed by atoms with E-state index in [0.717, 1.165) is 31.9 Å². The van der Waals surface area contributed by atoms with Gasteiger partial charge in [0.05, 0.1) is 6.67 Å². The van der Waals surface area contributed by atoms with Crippen LogP contribution in [0.25, 0.3) is 0 Å². The number of para-hydroxylation sites is 1. The lowest BCUT2D eigenvalue weighted by Crippen LogP contribution is -2.48. The summed E-state index contributed by atoms with van der Waals surface area (Å²) in [6.07, 6.45) is 0. The van der Waals surface area contributed by atoms with Crippen molar-refractivity contribution < 1.29 is 9.53 Å². The van der Waals surface area contributed by atoms with Gasteiger partial charge in [-0.15, -0.1) is 0 Å². The van der Waals surface area contributed by atoms with Crippen molar-refractivity contribution in [2.45, 2.75) is 0 Å². The lowest BCUT2D eigenvalue weighted by molar-refractivity contribution is -0.123. The Morgan fingerprint density at radius 1 is 1.28 bits per heavy atom. The highest BCUT2D eigenvalue weighted by atomic mass is 16.5. The minimum absolute atomic E-state index is 0.0656. The molecule has 0 atom stereocenters. The molecule has 0 unspecified atom stereocenters. The number of rotatable bonds is 5. The summed E-state index contributed by atoms with van der Waals surface area (Å²) >= 11 is 0. The van der Waals surface area contributed by atoms with Crippen molar-refractivity contribution in [3.63, 3.8) is 0 Å². The molecule has 1 saturated heterocycles. The number of carbonyl (C=O) groups is 1. The van der Waals surface area contributed by atoms with E-state index in [1.54, 1.807) is 0 Å². The van der Waals surface area contributed by atoms with E-state index in [4.69, 9.17) is 4.74 Å². The van der Waals surface area contributed by atoms with E-state index in [0.29, 0.717) is 6.67 Å². The Morgan fingerprint density at radius 2 is 2.00 bits per heavy atom. The second kappa shape index (κ2) is 6.98. The molecule has 0 aliphatic carbocycles. The van der Waals surface area contributed by atoms with Gasteiger partial charge in [-0.25, -0.2) is 0 Å². The molecule has 0 aromatic heterocycles. The summed E-state index contributed by atoms with van der Waals surface area (Å²) in [4.78, 5) is 13.8. The van der Waals surface area contributed by atoms with Crippen molar-refractivity contribution in [2.75, 3.05) is 39.5 Å². The summed E-state index contributed by atoms with van der Waals surface area (Å²) in [6.45, 7) is 4.57. The Bertz CT molecular complexity index is 364. The third-order valence-electron chi connectivity index (χ3n) is 2.82. The predicted molar refractivity (Wildman–Crippen MR) is 69.4 cm³/mol. The Balaban J connectivity index is 1.63. The summed E-state index contributed by atoms with van der Waals surface area (Å²) in [5, 5.41) is 6.13. The minimum Gasteiger partial charge on any atom is -0.484 e. The van der Waals surface area contributed by atoms with Gasteiger partial charge in [0, 0.05) is 26.2 Å². The molecule has 1 fully saturated rings. The summed E-state index contributed by atoms with van der Waals surface area (Å²) in [7, 11) is 0. The van der Waals surface area contributed by atoms with Crippen LogP contribution in [0.5, 0.6) is 5.75 Å². The average Bonchev–Trinajstić information content (AvgIpc) is 2.45. The molecule has 0 radical (unpaired) electrons. The van der Waals surface area contributed by atoms with Crippen LogP contribution in [0.2, 0.25) is 0 Å². The van der Waals surface area contributed by atoms with Crippen LogP contribution in [0.3, 0.4) is 0 Å². The standard InChI is InChI=1S/C13H19N3O2/c17-13(10-18-12-4-2-1-3-5-12)15-11-16-8-6-14-7-9-16/h1-5,14H,6-11H2,(H,15,17). The van der Waals surface area contributed by atoms with Gasteiger partial charge in [0.2, 0.25) is 0 Å². The Morgan fingerprint density at radius 3 is 2.72 bits per heavy atom. The summed E-state index contributed by atoms with van der Waals surface area (Å²) < 4.78 is 5.36. The third-order valence-corrected chi connectivity index (χ3v) is 2.82. The zero-order valence-electron chi connectivity index (χ0n) is 10.4. The molecule has 0 spiro atoms. The molecule has 1 heterocycles. The fraction of sp³-hybridized carbons (Fsp3) is 0.462. The number of piperazine rings is 1. The highest BCUT2D eigenvalue weighted by Gasteiger charge is 2.10. The van der Waals surface area contributed by atoms with Gasteiger partial charge >= 0.3 is 0 Å². The second-order valence-electron chi connectivity index (χ2n) is 4.23. The molecule has 2 rings (SSSR count). The van der Waals surface area contributed by atoms with Gasteiger partial charge in [0.15, 0.2) is 6.61 Å². The highest BCUT2D eigenvalue weighted by molar-refractivity contribution is 5.77. The molecule has 5 nitrogen and oxygen atoms in total. The average molecular weight is 249 g/mol. The molecule has 18 heavy (non-hydrogen) atoms. The van der Waals surface area contributed by atoms with Crippen molar-refractivity contribution in [3.05, 3.63) is 30.3 Å². The van der Waals surface area contributed by atoms with Crippen molar-refractivity contribution in [3.8, 4) is 5.75 Å². The Kier molecular flexibility index (Phi) is 4.99. The molecule has 0 bridgehead atoms. The first-order valence-corrected chi connectivity index (χ1v) is 6.22. The van der Waals surface area contributed by atoms with Crippen molar-refractivity contribution in [1.29, 1.82) is 0 Å². The van der Waals surface area contributed by atoms with E-state index < -0.39 is 0 Å². The zero-order chi connectivity index (χ0) is 12.6. The smallest absolute Gasteiger partial charge is 0.258 e. The lowest BCUT2D eigenvalue weighted by Gasteiger charge is -2.27. The van der Waals surface area contributed by atoms with Gasteiger partial charge in [0.1, 0.15) is 5.75 Å². The summed E-state index contributed by atoms with van der Waals surface area (Å²) in [5.74, 6) is 0.632. The maximum Gasteiger partial charge on any atom is 0.258 e. The first-order valence-electron chi connectivity index (χ1n) is 6.22. The SMILES string of the molecule is O=C(COc1ccccc1)NCN1CCNCC1. The molecule has 1 aliphatic heterocycles. The van der Waals surface area contributed by atoms with Crippen molar-refractivity contribution in [2.24, 2.45) is 0 Å². The van der Waals surface area contributed by atoms with Crippen LogP contribution < -0.4 is 15.4 Å². The van der Waals surface area contributed by atoms with Gasteiger partial charge < -0.3 is 15.4 Å². The number of ether oxygens (including phenoxy) is 1. The molecule has 1 amide bonds. The molecule has 1 aliphatic rings. The molecule has 5 heteroatoms. The topological polar surface area (TPSA) is 53.6 Å². The van der Waals surface area contributed by atoms with E-state index in [1.807, 2.05) is 30.3 Å². The monoisotopic (exact) mass is 249 g/mol. The van der Waals surface area contributed by atoms with Gasteiger partial charge in [-0.1, -0.05) is 18.2 Å². The maximum absolute atomic E-state index is 11.6. The predicted octanol–water partition coefficient (Wildman–Crippen LogP) is 0.0443. The maximum atomic E-state index is 11.6.